The molecule has 0 radical (unpaired) electrons. The Morgan fingerprint density at radius 1 is 1.08 bits per heavy atom. The van der Waals surface area contributed by atoms with Crippen molar-refractivity contribution < 1.29 is 23.4 Å². The van der Waals surface area contributed by atoms with Gasteiger partial charge in [-0.05, 0) is 73.9 Å². The van der Waals surface area contributed by atoms with Crippen molar-refractivity contribution in [1.82, 2.24) is 14.6 Å². The van der Waals surface area contributed by atoms with Gasteiger partial charge in [-0.15, -0.1) is 0 Å². The van der Waals surface area contributed by atoms with Gasteiger partial charge in [0.1, 0.15) is 4.90 Å². The summed E-state index contributed by atoms with van der Waals surface area (Å²) in [7, 11) is -2.50. The maximum Gasteiger partial charge on any atom is 0.335 e. The fraction of sp³-hybridized carbons (Fsp3) is 0.379. The fourth-order valence-corrected chi connectivity index (χ4v) is 6.37. The molecule has 1 aromatic heterocycles. The van der Waals surface area contributed by atoms with Crippen molar-refractivity contribution in [1.29, 1.82) is 0 Å². The van der Waals surface area contributed by atoms with Gasteiger partial charge in [0.05, 0.1) is 11.7 Å². The molecule has 202 valence electrons. The number of nitrogens with zero attached hydrogens (tertiary/aromatic N) is 2. The molecule has 0 saturated carbocycles. The smallest absolute Gasteiger partial charge is 0.335 e. The summed E-state index contributed by atoms with van der Waals surface area (Å²) in [6.07, 6.45) is 4.90. The molecule has 0 spiro atoms. The molecule has 8 nitrogen and oxygen atoms in total. The summed E-state index contributed by atoms with van der Waals surface area (Å²) in [5.41, 5.74) is 3.74. The molecular formula is C29H35N3O5S. The molecule has 38 heavy (non-hydrogen) atoms. The van der Waals surface area contributed by atoms with Crippen molar-refractivity contribution in [3.63, 3.8) is 0 Å². The number of likely N-dealkylation sites (N-methyl/N-ethyl adjacent to an activating group) is 1. The highest BCUT2D eigenvalue weighted by Gasteiger charge is 2.29. The first-order valence-corrected chi connectivity index (χ1v) is 14.1. The molecule has 1 atom stereocenters. The number of fused-ring (bicyclic) bond motifs is 1. The fourth-order valence-electron chi connectivity index (χ4n) is 5.17. The summed E-state index contributed by atoms with van der Waals surface area (Å²) < 4.78 is 27.6. The van der Waals surface area contributed by atoms with Crippen LogP contribution in [0.2, 0.25) is 0 Å². The van der Waals surface area contributed by atoms with Gasteiger partial charge >= 0.3 is 5.97 Å². The highest BCUT2D eigenvalue weighted by atomic mass is 32.2. The Bertz CT molecular complexity index is 1380. The molecule has 0 bridgehead atoms. The lowest BCUT2D eigenvalue weighted by atomic mass is 9.88. The van der Waals surface area contributed by atoms with Gasteiger partial charge in [-0.3, -0.25) is 4.98 Å². The quantitative estimate of drug-likeness (QED) is 0.342. The number of aromatic carboxylic acids is 1. The SMILES string of the molecule is CN(C[C@H](O)CNC(C)(C)CC1Cc2ccccc2C1)S(=O)(=O)c1cncc(-c2cccc(C(=O)O)c2)c1. The number of hydrogen-bond acceptors (Lipinski definition) is 6. The molecule has 0 saturated heterocycles. The standard InChI is InChI=1S/C29H35N3O5S/c1-29(2,15-20-11-21-7-4-5-8-22(21)12-20)31-17-26(33)19-32(3)38(36,37)27-14-25(16-30-18-27)23-9-6-10-24(13-23)28(34)35/h4-10,13-14,16,18,20,26,31,33H,11-12,15,17,19H2,1-3H3,(H,34,35)/t26-/m1/s1. The van der Waals surface area contributed by atoms with E-state index in [1.807, 2.05) is 0 Å². The minimum atomic E-state index is -3.93. The molecule has 0 aliphatic heterocycles. The van der Waals surface area contributed by atoms with Gasteiger partial charge in [-0.2, -0.15) is 4.31 Å². The molecule has 2 aromatic carbocycles. The van der Waals surface area contributed by atoms with Crippen LogP contribution in [0.5, 0.6) is 0 Å². The van der Waals surface area contributed by atoms with Gasteiger partial charge < -0.3 is 15.5 Å². The first-order chi connectivity index (χ1) is 17.9. The topological polar surface area (TPSA) is 120 Å². The largest absolute Gasteiger partial charge is 0.478 e. The Morgan fingerprint density at radius 3 is 2.42 bits per heavy atom. The minimum absolute atomic E-state index is 0.0282. The highest BCUT2D eigenvalue weighted by Crippen LogP contribution is 2.32. The van der Waals surface area contributed by atoms with Crippen LogP contribution in [0.25, 0.3) is 11.1 Å². The normalized spacial score (nSPS) is 15.0. The number of sulfonamides is 1. The Hall–Kier alpha value is -3.11. The number of carboxylic acid groups (broad SMARTS) is 1. The van der Waals surface area contributed by atoms with Gasteiger partial charge in [0.15, 0.2) is 0 Å². The molecule has 1 aliphatic rings. The summed E-state index contributed by atoms with van der Waals surface area (Å²) in [6, 6.07) is 16.2. The molecule has 0 unspecified atom stereocenters. The van der Waals surface area contributed by atoms with E-state index in [0.717, 1.165) is 23.6 Å². The average molecular weight is 538 g/mol. The third kappa shape index (κ3) is 6.66. The second kappa shape index (κ2) is 11.3. The van der Waals surface area contributed by atoms with Crippen molar-refractivity contribution in [3.05, 3.63) is 83.7 Å². The maximum absolute atomic E-state index is 13.2. The number of β-amino-alcohol motifs (C(OH)–C–C–N with tert-alkyl or cyclic N) is 1. The number of rotatable bonds is 11. The predicted octanol–water partition coefficient (Wildman–Crippen LogP) is 3.60. The number of carbonyl (C=O) groups is 1. The first kappa shape index (κ1) is 27.9. The highest BCUT2D eigenvalue weighted by molar-refractivity contribution is 7.89. The van der Waals surface area contributed by atoms with Crippen molar-refractivity contribution >= 4 is 16.0 Å². The van der Waals surface area contributed by atoms with Crippen molar-refractivity contribution in [3.8, 4) is 11.1 Å². The molecule has 9 heteroatoms. The van der Waals surface area contributed by atoms with E-state index < -0.39 is 22.1 Å². The van der Waals surface area contributed by atoms with E-state index in [9.17, 15) is 23.4 Å². The number of nitrogens with one attached hydrogen (secondary N) is 1. The van der Waals surface area contributed by atoms with Crippen LogP contribution in [-0.2, 0) is 22.9 Å². The molecule has 0 fully saturated rings. The van der Waals surface area contributed by atoms with Gasteiger partial charge in [0.2, 0.25) is 10.0 Å². The van der Waals surface area contributed by atoms with E-state index in [4.69, 9.17) is 0 Å². The molecular weight excluding hydrogens is 502 g/mol. The number of aliphatic hydroxyl groups excluding tert-OH is 1. The van der Waals surface area contributed by atoms with Crippen LogP contribution < -0.4 is 5.32 Å². The Kier molecular flexibility index (Phi) is 8.32. The van der Waals surface area contributed by atoms with E-state index in [1.54, 1.807) is 12.1 Å². The summed E-state index contributed by atoms with van der Waals surface area (Å²) in [5, 5.41) is 23.3. The van der Waals surface area contributed by atoms with Crippen molar-refractivity contribution in [2.45, 2.75) is 49.6 Å². The van der Waals surface area contributed by atoms with Gasteiger partial charge in [-0.1, -0.05) is 36.4 Å². The van der Waals surface area contributed by atoms with Gasteiger partial charge in [-0.25, -0.2) is 13.2 Å². The number of aromatic nitrogens is 1. The second-order valence-electron chi connectivity index (χ2n) is 10.7. The number of hydrogen-bond donors (Lipinski definition) is 3. The summed E-state index contributed by atoms with van der Waals surface area (Å²) in [4.78, 5) is 15.3. The molecule has 3 N–H and O–H groups in total. The monoisotopic (exact) mass is 537 g/mol. The second-order valence-corrected chi connectivity index (χ2v) is 12.8. The van der Waals surface area contributed by atoms with Crippen LogP contribution in [0.3, 0.4) is 0 Å². The van der Waals surface area contributed by atoms with E-state index in [-0.39, 0.29) is 29.1 Å². The van der Waals surface area contributed by atoms with Gasteiger partial charge in [0, 0.05) is 43.6 Å². The third-order valence-corrected chi connectivity index (χ3v) is 8.87. The lowest BCUT2D eigenvalue weighted by Gasteiger charge is -2.31. The van der Waals surface area contributed by atoms with Crippen molar-refractivity contribution in [2.24, 2.45) is 5.92 Å². The molecule has 1 aliphatic carbocycles. The average Bonchev–Trinajstić information content (AvgIpc) is 3.29. The van der Waals surface area contributed by atoms with Crippen LogP contribution in [0.1, 0.15) is 41.8 Å². The minimum Gasteiger partial charge on any atom is -0.478 e. The van der Waals surface area contributed by atoms with Crippen LogP contribution in [0.15, 0.2) is 71.9 Å². The van der Waals surface area contributed by atoms with Crippen LogP contribution in [-0.4, -0.2) is 65.7 Å². The van der Waals surface area contributed by atoms with E-state index >= 15 is 0 Å². The first-order valence-electron chi connectivity index (χ1n) is 12.7. The lowest BCUT2D eigenvalue weighted by Crippen LogP contribution is -2.47. The summed E-state index contributed by atoms with van der Waals surface area (Å²) in [5.74, 6) is -0.534. The molecule has 4 rings (SSSR count). The number of benzene rings is 2. The zero-order valence-corrected chi connectivity index (χ0v) is 22.8. The number of pyridine rings is 1. The molecule has 3 aromatic rings. The van der Waals surface area contributed by atoms with Crippen LogP contribution >= 0.6 is 0 Å². The predicted molar refractivity (Wildman–Crippen MR) is 146 cm³/mol. The van der Waals surface area contributed by atoms with E-state index in [2.05, 4.69) is 48.4 Å². The Labute approximate surface area is 224 Å². The van der Waals surface area contributed by atoms with Crippen LogP contribution in [0.4, 0.5) is 0 Å². The summed E-state index contributed by atoms with van der Waals surface area (Å²) >= 11 is 0. The van der Waals surface area contributed by atoms with E-state index in [1.165, 1.54) is 48.8 Å². The lowest BCUT2D eigenvalue weighted by molar-refractivity contribution is 0.0697. The maximum atomic E-state index is 13.2. The third-order valence-electron chi connectivity index (χ3n) is 7.08. The zero-order valence-electron chi connectivity index (χ0n) is 22.0. The molecule has 1 heterocycles. The zero-order chi connectivity index (χ0) is 27.5. The summed E-state index contributed by atoms with van der Waals surface area (Å²) in [6.45, 7) is 4.39. The number of aliphatic hydroxyl groups is 1. The van der Waals surface area contributed by atoms with Gasteiger partial charge in [0.25, 0.3) is 0 Å². The van der Waals surface area contributed by atoms with Crippen molar-refractivity contribution in [2.75, 3.05) is 20.1 Å². The Morgan fingerprint density at radius 2 is 1.76 bits per heavy atom. The molecule has 0 amide bonds. The van der Waals surface area contributed by atoms with Crippen LogP contribution in [0, 0.1) is 5.92 Å². The Balaban J connectivity index is 1.35. The van der Waals surface area contributed by atoms with E-state index in [0.29, 0.717) is 17.0 Å². The number of carboxylic acids is 1.